The van der Waals surface area contributed by atoms with Gasteiger partial charge in [0.2, 0.25) is 0 Å². The molecule has 0 saturated carbocycles. The van der Waals surface area contributed by atoms with Gasteiger partial charge in [-0.05, 0) is 48.4 Å². The number of benzene rings is 1. The Labute approximate surface area is 204 Å². The van der Waals surface area contributed by atoms with Crippen LogP contribution in [0, 0.1) is 0 Å². The van der Waals surface area contributed by atoms with Gasteiger partial charge in [0, 0.05) is 13.0 Å². The van der Waals surface area contributed by atoms with Gasteiger partial charge in [0.15, 0.2) is 5.69 Å². The van der Waals surface area contributed by atoms with Gasteiger partial charge in [-0.15, -0.1) is 24.5 Å². The highest BCUT2D eigenvalue weighted by Crippen LogP contribution is 2.35. The van der Waals surface area contributed by atoms with Gasteiger partial charge in [-0.3, -0.25) is 4.79 Å². The van der Waals surface area contributed by atoms with Gasteiger partial charge >= 0.3 is 12.5 Å². The van der Waals surface area contributed by atoms with E-state index in [-0.39, 0.29) is 17.0 Å². The van der Waals surface area contributed by atoms with Crippen molar-refractivity contribution in [3.05, 3.63) is 45.4 Å². The number of unbranched alkanes of at least 4 members (excludes halogenated alkanes) is 1. The van der Waals surface area contributed by atoms with E-state index in [0.717, 1.165) is 35.9 Å². The molecule has 0 bridgehead atoms. The van der Waals surface area contributed by atoms with Crippen molar-refractivity contribution in [2.45, 2.75) is 44.8 Å². The third-order valence-corrected chi connectivity index (χ3v) is 6.21. The van der Waals surface area contributed by atoms with Gasteiger partial charge in [0.1, 0.15) is 10.6 Å². The first kappa shape index (κ1) is 27.6. The lowest BCUT2D eigenvalue weighted by atomic mass is 10.1. The number of rotatable bonds is 11. The molecule has 0 aliphatic carbocycles. The van der Waals surface area contributed by atoms with Crippen LogP contribution in [0.15, 0.2) is 24.3 Å². The molecule has 1 unspecified atom stereocenters. The average Bonchev–Trinajstić information content (AvgIpc) is 3.14. The van der Waals surface area contributed by atoms with Crippen LogP contribution in [0.1, 0.15) is 51.7 Å². The minimum atomic E-state index is -4.89. The number of alkyl halides is 7. The monoisotopic (exact) mass is 609 g/mol. The fourth-order valence-corrected chi connectivity index (χ4v) is 4.33. The molecule has 1 heterocycles. The van der Waals surface area contributed by atoms with Crippen LogP contribution in [-0.4, -0.2) is 34.8 Å². The zero-order valence-electron chi connectivity index (χ0n) is 17.4. The molecule has 13 heteroatoms. The molecular weight excluding hydrogens is 587 g/mol. The van der Waals surface area contributed by atoms with E-state index in [1.807, 2.05) is 0 Å². The lowest BCUT2D eigenvalue weighted by molar-refractivity contribution is -0.274. The van der Waals surface area contributed by atoms with E-state index in [2.05, 4.69) is 42.9 Å². The zero-order chi connectivity index (χ0) is 24.6. The summed E-state index contributed by atoms with van der Waals surface area (Å²) in [5.74, 6) is -1.50. The highest BCUT2D eigenvalue weighted by molar-refractivity contribution is 14.1. The number of halogens is 7. The fourth-order valence-electron chi connectivity index (χ4n) is 2.81. The summed E-state index contributed by atoms with van der Waals surface area (Å²) in [5.41, 5.74) is -1.04. The van der Waals surface area contributed by atoms with Crippen LogP contribution in [0.5, 0.6) is 5.75 Å². The van der Waals surface area contributed by atoms with E-state index >= 15 is 0 Å². The SMILES string of the molecule is CC(NC(=O)c1sc(CCNCCCCI)nc1C(F)(F)F)c1cccc(OC(F)(F)F)c1. The molecule has 1 atom stereocenters. The molecule has 0 fully saturated rings. The highest BCUT2D eigenvalue weighted by Gasteiger charge is 2.39. The molecule has 2 rings (SSSR count). The second-order valence-electron chi connectivity index (χ2n) is 6.99. The zero-order valence-corrected chi connectivity index (χ0v) is 20.4. The Balaban J connectivity index is 2.09. The summed E-state index contributed by atoms with van der Waals surface area (Å²) in [5, 5.41) is 5.70. The number of amides is 1. The lowest BCUT2D eigenvalue weighted by Crippen LogP contribution is -2.28. The van der Waals surface area contributed by atoms with Crippen LogP contribution in [0.25, 0.3) is 0 Å². The van der Waals surface area contributed by atoms with Crippen molar-refractivity contribution < 1.29 is 35.9 Å². The summed E-state index contributed by atoms with van der Waals surface area (Å²) < 4.78 is 82.5. The second-order valence-corrected chi connectivity index (χ2v) is 9.16. The maximum absolute atomic E-state index is 13.4. The Kier molecular flexibility index (Phi) is 10.2. The number of carbonyl (C=O) groups is 1. The predicted octanol–water partition coefficient (Wildman–Crippen LogP) is 5.90. The van der Waals surface area contributed by atoms with Crippen LogP contribution in [0.4, 0.5) is 26.3 Å². The van der Waals surface area contributed by atoms with Crippen molar-refractivity contribution in [2.75, 3.05) is 17.5 Å². The van der Waals surface area contributed by atoms with Gasteiger partial charge in [-0.25, -0.2) is 4.98 Å². The second kappa shape index (κ2) is 12.2. The maximum Gasteiger partial charge on any atom is 0.573 e. The Morgan fingerprint density at radius 3 is 2.55 bits per heavy atom. The molecule has 33 heavy (non-hydrogen) atoms. The van der Waals surface area contributed by atoms with Gasteiger partial charge in [-0.2, -0.15) is 13.2 Å². The van der Waals surface area contributed by atoms with Crippen molar-refractivity contribution in [1.29, 1.82) is 0 Å². The molecule has 1 amide bonds. The van der Waals surface area contributed by atoms with Gasteiger partial charge in [0.05, 0.1) is 11.0 Å². The molecular formula is C20H22F6IN3O2S. The summed E-state index contributed by atoms with van der Waals surface area (Å²) in [7, 11) is 0. The van der Waals surface area contributed by atoms with Crippen LogP contribution in [0.2, 0.25) is 0 Å². The topological polar surface area (TPSA) is 63.2 Å². The number of nitrogens with zero attached hydrogens (tertiary/aromatic N) is 1. The maximum atomic E-state index is 13.4. The summed E-state index contributed by atoms with van der Waals surface area (Å²) >= 11 is 2.92. The smallest absolute Gasteiger partial charge is 0.406 e. The first-order valence-corrected chi connectivity index (χ1v) is 12.2. The Morgan fingerprint density at radius 2 is 1.91 bits per heavy atom. The molecule has 0 aliphatic rings. The molecule has 184 valence electrons. The van der Waals surface area contributed by atoms with E-state index < -0.39 is 40.8 Å². The number of ether oxygens (including phenoxy) is 1. The van der Waals surface area contributed by atoms with Gasteiger partial charge < -0.3 is 15.4 Å². The number of carbonyl (C=O) groups excluding carboxylic acids is 1. The molecule has 0 aliphatic heterocycles. The summed E-state index contributed by atoms with van der Waals surface area (Å²) in [6, 6.07) is 3.99. The number of nitrogens with one attached hydrogen (secondary N) is 2. The lowest BCUT2D eigenvalue weighted by Gasteiger charge is -2.16. The molecule has 0 radical (unpaired) electrons. The Morgan fingerprint density at radius 1 is 1.18 bits per heavy atom. The van der Waals surface area contributed by atoms with E-state index in [4.69, 9.17) is 0 Å². The number of hydrogen-bond acceptors (Lipinski definition) is 5. The summed E-state index contributed by atoms with van der Waals surface area (Å²) in [4.78, 5) is 15.6. The number of thiazole rings is 1. The molecule has 0 spiro atoms. The van der Waals surface area contributed by atoms with Crippen molar-refractivity contribution in [3.63, 3.8) is 0 Å². The predicted molar refractivity (Wildman–Crippen MR) is 121 cm³/mol. The van der Waals surface area contributed by atoms with E-state index in [1.165, 1.54) is 19.1 Å². The minimum Gasteiger partial charge on any atom is -0.406 e. The summed E-state index contributed by atoms with van der Waals surface area (Å²) in [6.45, 7) is 2.61. The molecule has 2 N–H and O–H groups in total. The molecule has 1 aromatic carbocycles. The van der Waals surface area contributed by atoms with Crippen molar-refractivity contribution in [1.82, 2.24) is 15.6 Å². The van der Waals surface area contributed by atoms with Crippen LogP contribution in [0.3, 0.4) is 0 Å². The Hall–Kier alpha value is -1.61. The molecule has 5 nitrogen and oxygen atoms in total. The minimum absolute atomic E-state index is 0.169. The third kappa shape index (κ3) is 9.27. The van der Waals surface area contributed by atoms with E-state index in [9.17, 15) is 31.1 Å². The average molecular weight is 609 g/mol. The first-order chi connectivity index (χ1) is 15.4. The van der Waals surface area contributed by atoms with Crippen LogP contribution >= 0.6 is 33.9 Å². The third-order valence-electron chi connectivity index (χ3n) is 4.34. The Bertz CT molecular complexity index is 920. The standard InChI is InChI=1S/C20H22F6IN3O2S/c1-12(13-5-4-6-14(11-13)32-20(24,25)26)29-18(31)16-17(19(21,22)23)30-15(33-16)7-10-28-9-3-2-8-27/h4-6,11-12,28H,2-3,7-10H2,1H3,(H,29,31). The summed E-state index contributed by atoms with van der Waals surface area (Å²) in [6.07, 6.45) is -7.49. The molecule has 0 saturated heterocycles. The molecule has 1 aromatic heterocycles. The largest absolute Gasteiger partial charge is 0.573 e. The highest BCUT2D eigenvalue weighted by atomic mass is 127. The normalized spacial score (nSPS) is 13.1. The van der Waals surface area contributed by atoms with Crippen LogP contribution < -0.4 is 15.4 Å². The van der Waals surface area contributed by atoms with Crippen LogP contribution in [-0.2, 0) is 12.6 Å². The molecule has 2 aromatic rings. The van der Waals surface area contributed by atoms with Crippen molar-refractivity contribution in [3.8, 4) is 5.75 Å². The fraction of sp³-hybridized carbons (Fsp3) is 0.500. The van der Waals surface area contributed by atoms with Gasteiger partial charge in [0.25, 0.3) is 5.91 Å². The van der Waals surface area contributed by atoms with Gasteiger partial charge in [-0.1, -0.05) is 34.7 Å². The van der Waals surface area contributed by atoms with E-state index in [1.54, 1.807) is 0 Å². The number of hydrogen-bond donors (Lipinski definition) is 2. The number of aromatic nitrogens is 1. The van der Waals surface area contributed by atoms with Crippen molar-refractivity contribution in [2.24, 2.45) is 0 Å². The van der Waals surface area contributed by atoms with Crippen molar-refractivity contribution >= 4 is 39.8 Å². The first-order valence-electron chi connectivity index (χ1n) is 9.91. The van der Waals surface area contributed by atoms with E-state index in [0.29, 0.717) is 17.9 Å². The quantitative estimate of drug-likeness (QED) is 0.144.